The highest BCUT2D eigenvalue weighted by Crippen LogP contribution is 2.15. The van der Waals surface area contributed by atoms with Gasteiger partial charge >= 0.3 is 0 Å². The van der Waals surface area contributed by atoms with Crippen LogP contribution in [0.15, 0.2) is 47.1 Å². The molecule has 3 aromatic rings. The van der Waals surface area contributed by atoms with Crippen LogP contribution in [0.4, 0.5) is 0 Å². The van der Waals surface area contributed by atoms with Crippen molar-refractivity contribution in [3.05, 3.63) is 58.5 Å². The van der Waals surface area contributed by atoms with E-state index in [1.54, 1.807) is 0 Å². The Hall–Kier alpha value is -1.68. The number of nitrogens with zero attached hydrogens (tertiary/aromatic N) is 2. The Bertz CT molecular complexity index is 646. The molecule has 0 unspecified atom stereocenters. The average molecular weight is 288 g/mol. The molecule has 3 nitrogen and oxygen atoms in total. The normalized spacial score (nSPS) is 10.9. The molecule has 4 heteroatoms. The van der Waals surface area contributed by atoms with E-state index in [0.717, 1.165) is 28.0 Å². The Morgan fingerprint density at radius 1 is 1.00 bits per heavy atom. The molecule has 17 heavy (non-hydrogen) atoms. The summed E-state index contributed by atoms with van der Waals surface area (Å²) in [6.07, 6.45) is 0.800. The highest BCUT2D eigenvalue weighted by atomic mass is 79.9. The van der Waals surface area contributed by atoms with Crippen LogP contribution in [0.5, 0.6) is 0 Å². The quantitative estimate of drug-likeness (QED) is 0.735. The number of hydrogen-bond acceptors (Lipinski definition) is 2. The molecule has 0 atom stereocenters. The average Bonchev–Trinajstić information content (AvgIpc) is 2.71. The van der Waals surface area contributed by atoms with Gasteiger partial charge in [0.05, 0.1) is 5.52 Å². The Labute approximate surface area is 107 Å². The second-order valence-electron chi connectivity index (χ2n) is 3.85. The van der Waals surface area contributed by atoms with Crippen LogP contribution in [-0.4, -0.2) is 15.0 Å². The number of hydrogen-bond donors (Lipinski definition) is 1. The largest absolute Gasteiger partial charge is 0.340 e. The van der Waals surface area contributed by atoms with Gasteiger partial charge in [0.1, 0.15) is 10.4 Å². The number of pyridine rings is 1. The maximum atomic E-state index is 4.47. The first-order valence-corrected chi connectivity index (χ1v) is 6.15. The highest BCUT2D eigenvalue weighted by Gasteiger charge is 2.04. The van der Waals surface area contributed by atoms with Crippen LogP contribution < -0.4 is 0 Å². The lowest BCUT2D eigenvalue weighted by Crippen LogP contribution is -1.89. The third-order valence-corrected chi connectivity index (χ3v) is 3.02. The molecule has 1 N–H and O–H groups in total. The first kappa shape index (κ1) is 10.5. The molecule has 0 saturated heterocycles. The number of H-pyrrole nitrogens is 1. The van der Waals surface area contributed by atoms with E-state index in [0.29, 0.717) is 0 Å². The fourth-order valence-corrected chi connectivity index (χ4v) is 2.09. The van der Waals surface area contributed by atoms with E-state index >= 15 is 0 Å². The van der Waals surface area contributed by atoms with Crippen LogP contribution in [0, 0.1) is 0 Å². The molecule has 1 aromatic carbocycles. The van der Waals surface area contributed by atoms with Crippen LogP contribution in [0.2, 0.25) is 0 Å². The number of fused-ring (bicyclic) bond motifs is 1. The number of nitrogens with one attached hydrogen (secondary N) is 1. The number of rotatable bonds is 2. The lowest BCUT2D eigenvalue weighted by molar-refractivity contribution is 1.03. The summed E-state index contributed by atoms with van der Waals surface area (Å²) in [6, 6.07) is 14.2. The molecule has 0 aliphatic rings. The smallest absolute Gasteiger partial charge is 0.178 e. The van der Waals surface area contributed by atoms with Gasteiger partial charge < -0.3 is 4.98 Å². The molecule has 0 amide bonds. The predicted molar refractivity (Wildman–Crippen MR) is 70.8 cm³/mol. The van der Waals surface area contributed by atoms with Crippen molar-refractivity contribution in [2.45, 2.75) is 6.42 Å². The Kier molecular flexibility index (Phi) is 2.65. The Morgan fingerprint density at radius 2 is 1.82 bits per heavy atom. The summed E-state index contributed by atoms with van der Waals surface area (Å²) >= 11 is 3.34. The molecule has 2 aromatic heterocycles. The summed E-state index contributed by atoms with van der Waals surface area (Å²) in [7, 11) is 0. The zero-order chi connectivity index (χ0) is 11.7. The molecular formula is C13H10BrN3. The van der Waals surface area contributed by atoms with E-state index in [2.05, 4.69) is 43.0 Å². The first-order valence-electron chi connectivity index (χ1n) is 5.36. The fourth-order valence-electron chi connectivity index (χ4n) is 1.79. The van der Waals surface area contributed by atoms with E-state index in [4.69, 9.17) is 0 Å². The van der Waals surface area contributed by atoms with Gasteiger partial charge in [-0.05, 0) is 33.6 Å². The lowest BCUT2D eigenvalue weighted by Gasteiger charge is -1.95. The van der Waals surface area contributed by atoms with Gasteiger partial charge in [-0.3, -0.25) is 0 Å². The summed E-state index contributed by atoms with van der Waals surface area (Å²) in [5.74, 6) is 0.941. The van der Waals surface area contributed by atoms with Crippen LogP contribution in [0.3, 0.4) is 0 Å². The van der Waals surface area contributed by atoms with E-state index in [-0.39, 0.29) is 0 Å². The third-order valence-electron chi connectivity index (χ3n) is 2.58. The van der Waals surface area contributed by atoms with Gasteiger partial charge in [-0.1, -0.05) is 30.3 Å². The van der Waals surface area contributed by atoms with Crippen molar-refractivity contribution >= 4 is 27.1 Å². The van der Waals surface area contributed by atoms with Crippen LogP contribution >= 0.6 is 15.9 Å². The van der Waals surface area contributed by atoms with Gasteiger partial charge in [-0.2, -0.15) is 0 Å². The minimum absolute atomic E-state index is 0.755. The van der Waals surface area contributed by atoms with Crippen molar-refractivity contribution in [1.82, 2.24) is 15.0 Å². The maximum Gasteiger partial charge on any atom is 0.178 e. The molecule has 0 radical (unpaired) electrons. The van der Waals surface area contributed by atoms with E-state index in [1.807, 2.05) is 30.3 Å². The molecule has 84 valence electrons. The van der Waals surface area contributed by atoms with Gasteiger partial charge in [0.15, 0.2) is 5.65 Å². The number of aromatic amines is 1. The zero-order valence-electron chi connectivity index (χ0n) is 9.02. The van der Waals surface area contributed by atoms with Crippen molar-refractivity contribution < 1.29 is 0 Å². The van der Waals surface area contributed by atoms with Crippen molar-refractivity contribution in [3.63, 3.8) is 0 Å². The molecule has 0 bridgehead atoms. The number of imidazole rings is 1. The van der Waals surface area contributed by atoms with Crippen molar-refractivity contribution in [3.8, 4) is 0 Å². The third kappa shape index (κ3) is 2.22. The zero-order valence-corrected chi connectivity index (χ0v) is 10.6. The standard InChI is InChI=1S/C13H10BrN3/c14-11-7-6-10-13(16-11)17-12(15-10)8-9-4-2-1-3-5-9/h1-7H,8H2,(H,15,16,17). The van der Waals surface area contributed by atoms with Crippen molar-refractivity contribution in [1.29, 1.82) is 0 Å². The second-order valence-corrected chi connectivity index (χ2v) is 4.66. The van der Waals surface area contributed by atoms with Crippen LogP contribution in [0.25, 0.3) is 11.2 Å². The minimum Gasteiger partial charge on any atom is -0.340 e. The highest BCUT2D eigenvalue weighted by molar-refractivity contribution is 9.10. The maximum absolute atomic E-state index is 4.47. The monoisotopic (exact) mass is 287 g/mol. The van der Waals surface area contributed by atoms with Gasteiger partial charge in [-0.15, -0.1) is 0 Å². The van der Waals surface area contributed by atoms with E-state index in [1.165, 1.54) is 5.56 Å². The predicted octanol–water partition coefficient (Wildman–Crippen LogP) is 3.31. The molecule has 0 saturated carbocycles. The molecule has 3 rings (SSSR count). The summed E-state index contributed by atoms with van der Waals surface area (Å²) in [6.45, 7) is 0. The molecule has 0 spiro atoms. The minimum atomic E-state index is 0.755. The summed E-state index contributed by atoms with van der Waals surface area (Å²) in [5.41, 5.74) is 2.97. The summed E-state index contributed by atoms with van der Waals surface area (Å²) in [4.78, 5) is 12.1. The number of aromatic nitrogens is 3. The van der Waals surface area contributed by atoms with Gasteiger partial charge in [0.25, 0.3) is 0 Å². The van der Waals surface area contributed by atoms with Gasteiger partial charge in [-0.25, -0.2) is 9.97 Å². The van der Waals surface area contributed by atoms with Crippen LogP contribution in [-0.2, 0) is 6.42 Å². The van der Waals surface area contributed by atoms with E-state index < -0.39 is 0 Å². The SMILES string of the molecule is Brc1ccc2[nH]c(Cc3ccccc3)nc2n1. The number of halogens is 1. The lowest BCUT2D eigenvalue weighted by atomic mass is 10.1. The van der Waals surface area contributed by atoms with Crippen molar-refractivity contribution in [2.75, 3.05) is 0 Å². The molecule has 0 aliphatic carbocycles. The first-order chi connectivity index (χ1) is 8.31. The Balaban J connectivity index is 1.96. The molecule has 2 heterocycles. The topological polar surface area (TPSA) is 41.6 Å². The summed E-state index contributed by atoms with van der Waals surface area (Å²) in [5, 5.41) is 0. The van der Waals surface area contributed by atoms with Gasteiger partial charge in [0.2, 0.25) is 0 Å². The molecule has 0 fully saturated rings. The van der Waals surface area contributed by atoms with Gasteiger partial charge in [0, 0.05) is 6.42 Å². The summed E-state index contributed by atoms with van der Waals surface area (Å²) < 4.78 is 0.808. The Morgan fingerprint density at radius 3 is 2.65 bits per heavy atom. The van der Waals surface area contributed by atoms with Crippen molar-refractivity contribution in [2.24, 2.45) is 0 Å². The molecular weight excluding hydrogens is 278 g/mol. The second kappa shape index (κ2) is 4.30. The van der Waals surface area contributed by atoms with Crippen LogP contribution in [0.1, 0.15) is 11.4 Å². The van der Waals surface area contributed by atoms with E-state index in [9.17, 15) is 0 Å². The number of benzene rings is 1. The fraction of sp³-hybridized carbons (Fsp3) is 0.0769. The molecule has 0 aliphatic heterocycles.